The molecule has 0 spiro atoms. The molecule has 24 heavy (non-hydrogen) atoms. The summed E-state index contributed by atoms with van der Waals surface area (Å²) >= 11 is 0. The number of quaternary nitrogens is 1. The summed E-state index contributed by atoms with van der Waals surface area (Å²) in [6, 6.07) is 16.9. The molecule has 0 saturated carbocycles. The molecule has 3 heteroatoms. The number of hydrogen-bond acceptors (Lipinski definition) is 1. The molecule has 0 aliphatic heterocycles. The Labute approximate surface area is 145 Å². The lowest BCUT2D eigenvalue weighted by Gasteiger charge is -2.12. The number of nitrogens with two attached hydrogens (primary N) is 1. The van der Waals surface area contributed by atoms with Gasteiger partial charge in [0.2, 0.25) is 0 Å². The van der Waals surface area contributed by atoms with E-state index >= 15 is 0 Å². The second-order valence-corrected chi connectivity index (χ2v) is 6.98. The van der Waals surface area contributed by atoms with Crippen LogP contribution >= 0.6 is 0 Å². The molecule has 0 saturated heterocycles. The standard InChI is InChI=1S/C21H28N2O/c1-15(2)13-18-7-9-19(10-8-18)17(4)22-14-21(24)23-20-11-5-16(3)6-12-20/h5-12,15,17,22H,13-14H2,1-4H3,(H,23,24)/p+1/t17-/m1/s1. The lowest BCUT2D eigenvalue weighted by molar-refractivity contribution is -0.682. The van der Waals surface area contributed by atoms with E-state index in [1.54, 1.807) is 0 Å². The highest BCUT2D eigenvalue weighted by Crippen LogP contribution is 2.13. The number of anilines is 1. The number of rotatable bonds is 7. The Morgan fingerprint density at radius 3 is 2.21 bits per heavy atom. The van der Waals surface area contributed by atoms with Gasteiger partial charge >= 0.3 is 0 Å². The van der Waals surface area contributed by atoms with E-state index in [0.29, 0.717) is 12.5 Å². The summed E-state index contributed by atoms with van der Waals surface area (Å²) in [6.07, 6.45) is 1.11. The summed E-state index contributed by atoms with van der Waals surface area (Å²) in [5.74, 6) is 0.701. The minimum absolute atomic E-state index is 0.0298. The van der Waals surface area contributed by atoms with Crippen molar-refractivity contribution in [1.29, 1.82) is 0 Å². The van der Waals surface area contributed by atoms with Gasteiger partial charge in [-0.15, -0.1) is 0 Å². The summed E-state index contributed by atoms with van der Waals surface area (Å²) in [7, 11) is 0. The first-order valence-electron chi connectivity index (χ1n) is 8.72. The highest BCUT2D eigenvalue weighted by molar-refractivity contribution is 5.91. The molecule has 1 atom stereocenters. The van der Waals surface area contributed by atoms with Crippen LogP contribution in [0.2, 0.25) is 0 Å². The summed E-state index contributed by atoms with van der Waals surface area (Å²) in [6.45, 7) is 9.06. The summed E-state index contributed by atoms with van der Waals surface area (Å²) in [5.41, 5.74) is 4.67. The monoisotopic (exact) mass is 325 g/mol. The fraction of sp³-hybridized carbons (Fsp3) is 0.381. The van der Waals surface area contributed by atoms with E-state index in [-0.39, 0.29) is 11.9 Å². The number of benzene rings is 2. The molecule has 2 rings (SSSR count). The normalized spacial score (nSPS) is 12.2. The molecule has 0 heterocycles. The van der Waals surface area contributed by atoms with E-state index in [0.717, 1.165) is 12.1 Å². The molecule has 0 aliphatic rings. The van der Waals surface area contributed by atoms with Gasteiger partial charge in [0, 0.05) is 11.3 Å². The average molecular weight is 325 g/mol. The van der Waals surface area contributed by atoms with Crippen LogP contribution < -0.4 is 10.6 Å². The van der Waals surface area contributed by atoms with Crippen LogP contribution in [0.15, 0.2) is 48.5 Å². The van der Waals surface area contributed by atoms with Gasteiger partial charge < -0.3 is 10.6 Å². The second kappa shape index (κ2) is 8.65. The number of aryl methyl sites for hydroxylation is 1. The van der Waals surface area contributed by atoms with Crippen LogP contribution in [-0.2, 0) is 11.2 Å². The van der Waals surface area contributed by atoms with E-state index in [4.69, 9.17) is 0 Å². The molecule has 0 unspecified atom stereocenters. The Hall–Kier alpha value is -2.13. The van der Waals surface area contributed by atoms with Crippen LogP contribution in [-0.4, -0.2) is 12.5 Å². The molecule has 3 nitrogen and oxygen atoms in total. The van der Waals surface area contributed by atoms with Crippen LogP contribution in [0.4, 0.5) is 5.69 Å². The molecule has 0 aliphatic carbocycles. The topological polar surface area (TPSA) is 45.7 Å². The number of carbonyl (C=O) groups is 1. The lowest BCUT2D eigenvalue weighted by atomic mass is 10.00. The number of hydrogen-bond donors (Lipinski definition) is 2. The molecule has 0 bridgehead atoms. The molecule has 3 N–H and O–H groups in total. The Bertz CT molecular complexity index is 645. The first kappa shape index (κ1) is 18.2. The highest BCUT2D eigenvalue weighted by Gasteiger charge is 2.12. The minimum Gasteiger partial charge on any atom is -0.333 e. The zero-order valence-corrected chi connectivity index (χ0v) is 15.2. The first-order valence-corrected chi connectivity index (χ1v) is 8.72. The maximum atomic E-state index is 12.1. The van der Waals surface area contributed by atoms with Gasteiger partial charge in [-0.3, -0.25) is 4.79 Å². The van der Waals surface area contributed by atoms with Crippen molar-refractivity contribution in [3.05, 3.63) is 65.2 Å². The molecule has 2 aromatic rings. The molecule has 0 aromatic heterocycles. The van der Waals surface area contributed by atoms with Crippen LogP contribution in [0, 0.1) is 12.8 Å². The Morgan fingerprint density at radius 1 is 1.00 bits per heavy atom. The largest absolute Gasteiger partial charge is 0.333 e. The summed E-state index contributed by atoms with van der Waals surface area (Å²) in [4.78, 5) is 12.1. The van der Waals surface area contributed by atoms with Crippen molar-refractivity contribution < 1.29 is 10.1 Å². The van der Waals surface area contributed by atoms with E-state index in [1.807, 2.05) is 31.2 Å². The van der Waals surface area contributed by atoms with Crippen molar-refractivity contribution in [1.82, 2.24) is 0 Å². The Kier molecular flexibility index (Phi) is 6.56. The van der Waals surface area contributed by atoms with Gasteiger partial charge in [-0.25, -0.2) is 0 Å². The third-order valence-electron chi connectivity index (χ3n) is 4.14. The van der Waals surface area contributed by atoms with Crippen molar-refractivity contribution >= 4 is 11.6 Å². The van der Waals surface area contributed by atoms with Gasteiger partial charge in [0.1, 0.15) is 6.04 Å². The predicted octanol–water partition coefficient (Wildman–Crippen LogP) is 3.46. The van der Waals surface area contributed by atoms with Crippen molar-refractivity contribution in [3.8, 4) is 0 Å². The van der Waals surface area contributed by atoms with E-state index in [9.17, 15) is 4.79 Å². The number of carbonyl (C=O) groups excluding carboxylic acids is 1. The van der Waals surface area contributed by atoms with Crippen LogP contribution in [0.5, 0.6) is 0 Å². The van der Waals surface area contributed by atoms with Crippen LogP contribution in [0.1, 0.15) is 43.5 Å². The molecular formula is C21H29N2O+. The lowest BCUT2D eigenvalue weighted by Crippen LogP contribution is -2.86. The average Bonchev–Trinajstić information content (AvgIpc) is 2.55. The minimum atomic E-state index is 0.0298. The SMILES string of the molecule is Cc1ccc(NC(=O)C[NH2+][C@H](C)c2ccc(CC(C)C)cc2)cc1. The van der Waals surface area contributed by atoms with E-state index in [1.165, 1.54) is 16.7 Å². The quantitative estimate of drug-likeness (QED) is 0.804. The molecule has 0 radical (unpaired) electrons. The predicted molar refractivity (Wildman–Crippen MR) is 100 cm³/mol. The van der Waals surface area contributed by atoms with Crippen molar-refractivity contribution in [2.75, 3.05) is 11.9 Å². The van der Waals surface area contributed by atoms with Gasteiger partial charge in [0.15, 0.2) is 6.54 Å². The molecule has 2 aromatic carbocycles. The molecule has 1 amide bonds. The number of nitrogens with one attached hydrogen (secondary N) is 1. The van der Waals surface area contributed by atoms with Gasteiger partial charge in [-0.05, 0) is 43.9 Å². The maximum Gasteiger partial charge on any atom is 0.279 e. The van der Waals surface area contributed by atoms with Gasteiger partial charge in [0.25, 0.3) is 5.91 Å². The van der Waals surface area contributed by atoms with Crippen molar-refractivity contribution in [2.45, 2.75) is 40.2 Å². The molecular weight excluding hydrogens is 296 g/mol. The van der Waals surface area contributed by atoms with Gasteiger partial charge in [0.05, 0.1) is 0 Å². The Balaban J connectivity index is 1.82. The van der Waals surface area contributed by atoms with Crippen molar-refractivity contribution in [3.63, 3.8) is 0 Å². The summed E-state index contributed by atoms with van der Waals surface area (Å²) < 4.78 is 0. The third-order valence-corrected chi connectivity index (χ3v) is 4.14. The zero-order valence-electron chi connectivity index (χ0n) is 15.2. The molecule has 0 fully saturated rings. The maximum absolute atomic E-state index is 12.1. The first-order chi connectivity index (χ1) is 11.4. The molecule has 128 valence electrons. The van der Waals surface area contributed by atoms with Gasteiger partial charge in [-0.1, -0.05) is 55.8 Å². The van der Waals surface area contributed by atoms with Crippen LogP contribution in [0.3, 0.4) is 0 Å². The fourth-order valence-electron chi connectivity index (χ4n) is 2.70. The second-order valence-electron chi connectivity index (χ2n) is 6.98. The van der Waals surface area contributed by atoms with Crippen LogP contribution in [0.25, 0.3) is 0 Å². The third kappa shape index (κ3) is 5.82. The van der Waals surface area contributed by atoms with E-state index in [2.05, 4.69) is 55.7 Å². The fourth-order valence-corrected chi connectivity index (χ4v) is 2.70. The van der Waals surface area contributed by atoms with E-state index < -0.39 is 0 Å². The number of amides is 1. The Morgan fingerprint density at radius 2 is 1.62 bits per heavy atom. The summed E-state index contributed by atoms with van der Waals surface area (Å²) in [5, 5.41) is 5.01. The van der Waals surface area contributed by atoms with Crippen molar-refractivity contribution in [2.24, 2.45) is 5.92 Å². The van der Waals surface area contributed by atoms with Gasteiger partial charge in [-0.2, -0.15) is 0 Å². The highest BCUT2D eigenvalue weighted by atomic mass is 16.1. The smallest absolute Gasteiger partial charge is 0.279 e. The zero-order chi connectivity index (χ0) is 17.5.